The van der Waals surface area contributed by atoms with E-state index < -0.39 is 10.0 Å². The predicted octanol–water partition coefficient (Wildman–Crippen LogP) is 0.289. The lowest BCUT2D eigenvalue weighted by Gasteiger charge is -2.26. The maximum atomic E-state index is 12.6. The third-order valence-electron chi connectivity index (χ3n) is 3.31. The van der Waals surface area contributed by atoms with Crippen molar-refractivity contribution < 1.29 is 8.42 Å². The number of hydrogen-bond donors (Lipinski definition) is 2. The molecule has 3 N–H and O–H groups in total. The van der Waals surface area contributed by atoms with Crippen molar-refractivity contribution in [1.29, 1.82) is 5.41 Å². The van der Waals surface area contributed by atoms with Gasteiger partial charge in [-0.2, -0.15) is 4.31 Å². The van der Waals surface area contributed by atoms with Crippen LogP contribution in [0.3, 0.4) is 0 Å². The Hall–Kier alpha value is -1.41. The normalized spacial score (nSPS) is 17.2. The highest BCUT2D eigenvalue weighted by atomic mass is 32.2. The minimum absolute atomic E-state index is 0.0168. The zero-order valence-corrected chi connectivity index (χ0v) is 11.7. The van der Waals surface area contributed by atoms with Gasteiger partial charge in [-0.05, 0) is 12.8 Å². The smallest absolute Gasteiger partial charge is 0.262 e. The average molecular weight is 285 g/mol. The molecule has 0 amide bonds. The third kappa shape index (κ3) is 2.95. The fraction of sp³-hybridized carbons (Fsp3) is 0.636. The Balaban J connectivity index is 2.33. The zero-order chi connectivity index (χ0) is 14.0. The van der Waals surface area contributed by atoms with Crippen LogP contribution in [0.1, 0.15) is 25.7 Å². The summed E-state index contributed by atoms with van der Waals surface area (Å²) < 4.78 is 28.0. The van der Waals surface area contributed by atoms with E-state index in [0.717, 1.165) is 25.7 Å². The molecule has 0 bridgehead atoms. The first kappa shape index (κ1) is 14.0. The molecule has 1 saturated carbocycles. The summed E-state index contributed by atoms with van der Waals surface area (Å²) in [7, 11) is -1.96. The first-order chi connectivity index (χ1) is 8.91. The molecule has 1 heterocycles. The Labute approximate surface area is 113 Å². The van der Waals surface area contributed by atoms with Gasteiger partial charge in [0.25, 0.3) is 10.0 Å². The number of hydrogen-bond acceptors (Lipinski definition) is 4. The van der Waals surface area contributed by atoms with Crippen LogP contribution in [0.15, 0.2) is 17.6 Å². The minimum Gasteiger partial charge on any atom is -0.387 e. The van der Waals surface area contributed by atoms with Gasteiger partial charge in [0.1, 0.15) is 5.84 Å². The third-order valence-corrected chi connectivity index (χ3v) is 5.10. The summed E-state index contributed by atoms with van der Waals surface area (Å²) in [5, 5.41) is 7.40. The van der Waals surface area contributed by atoms with Gasteiger partial charge in [-0.1, -0.05) is 12.8 Å². The quantitative estimate of drug-likeness (QED) is 0.599. The molecule has 0 aliphatic heterocycles. The van der Waals surface area contributed by atoms with Gasteiger partial charge in [-0.3, -0.25) is 5.41 Å². The van der Waals surface area contributed by atoms with E-state index in [-0.39, 0.29) is 23.4 Å². The van der Waals surface area contributed by atoms with E-state index in [1.807, 2.05) is 0 Å². The molecule has 106 valence electrons. The highest BCUT2D eigenvalue weighted by Gasteiger charge is 2.34. The van der Waals surface area contributed by atoms with Gasteiger partial charge in [0.2, 0.25) is 0 Å². The number of rotatable bonds is 5. The van der Waals surface area contributed by atoms with E-state index in [1.54, 1.807) is 11.6 Å². The summed E-state index contributed by atoms with van der Waals surface area (Å²) in [6.07, 6.45) is 6.58. The first-order valence-electron chi connectivity index (χ1n) is 6.24. The lowest BCUT2D eigenvalue weighted by Crippen LogP contribution is -2.44. The Morgan fingerprint density at radius 3 is 2.68 bits per heavy atom. The van der Waals surface area contributed by atoms with Gasteiger partial charge in [0.05, 0.1) is 12.9 Å². The molecule has 0 radical (unpaired) electrons. The van der Waals surface area contributed by atoms with Crippen LogP contribution in [0, 0.1) is 5.41 Å². The summed E-state index contributed by atoms with van der Waals surface area (Å²) in [4.78, 5) is 3.91. The molecule has 0 atom stereocenters. The van der Waals surface area contributed by atoms with Crippen molar-refractivity contribution in [2.75, 3.05) is 6.54 Å². The maximum Gasteiger partial charge on any atom is 0.262 e. The van der Waals surface area contributed by atoms with Gasteiger partial charge in [-0.25, -0.2) is 13.4 Å². The molecule has 1 fully saturated rings. The largest absolute Gasteiger partial charge is 0.387 e. The molecule has 8 heteroatoms. The van der Waals surface area contributed by atoms with Crippen LogP contribution < -0.4 is 5.73 Å². The van der Waals surface area contributed by atoms with Gasteiger partial charge in [-0.15, -0.1) is 0 Å². The summed E-state index contributed by atoms with van der Waals surface area (Å²) in [5.41, 5.74) is 5.39. The van der Waals surface area contributed by atoms with Gasteiger partial charge >= 0.3 is 0 Å². The highest BCUT2D eigenvalue weighted by molar-refractivity contribution is 7.89. The zero-order valence-electron chi connectivity index (χ0n) is 10.9. The van der Waals surface area contributed by atoms with Crippen molar-refractivity contribution in [3.05, 3.63) is 12.5 Å². The number of sulfonamides is 1. The Morgan fingerprint density at radius 2 is 2.21 bits per heavy atom. The number of aryl methyl sites for hydroxylation is 1. The molecule has 19 heavy (non-hydrogen) atoms. The van der Waals surface area contributed by atoms with Crippen molar-refractivity contribution in [2.24, 2.45) is 12.8 Å². The van der Waals surface area contributed by atoms with Crippen molar-refractivity contribution in [3.8, 4) is 0 Å². The van der Waals surface area contributed by atoms with Crippen molar-refractivity contribution in [2.45, 2.75) is 36.8 Å². The second-order valence-corrected chi connectivity index (χ2v) is 6.73. The van der Waals surface area contributed by atoms with Crippen LogP contribution in [0.25, 0.3) is 0 Å². The number of aromatic nitrogens is 2. The second kappa shape index (κ2) is 5.30. The summed E-state index contributed by atoms with van der Waals surface area (Å²) >= 11 is 0. The fourth-order valence-corrected chi connectivity index (χ4v) is 4.05. The summed E-state index contributed by atoms with van der Waals surface area (Å²) in [6.45, 7) is -0.0659. The summed E-state index contributed by atoms with van der Waals surface area (Å²) in [6, 6.07) is -0.0732. The van der Waals surface area contributed by atoms with Gasteiger partial charge in [0.15, 0.2) is 5.03 Å². The molecule has 0 aromatic carbocycles. The summed E-state index contributed by atoms with van der Waals surface area (Å²) in [5.74, 6) is -0.147. The Bertz CT molecular complexity index is 559. The number of imidazole rings is 1. The van der Waals surface area contributed by atoms with Crippen molar-refractivity contribution in [3.63, 3.8) is 0 Å². The van der Waals surface area contributed by atoms with Gasteiger partial charge < -0.3 is 10.3 Å². The number of nitrogens with two attached hydrogens (primary N) is 1. The molecule has 1 aliphatic carbocycles. The topological polar surface area (TPSA) is 105 Å². The van der Waals surface area contributed by atoms with E-state index in [4.69, 9.17) is 11.1 Å². The van der Waals surface area contributed by atoms with Crippen molar-refractivity contribution >= 4 is 15.9 Å². The standard InChI is InChI=1S/C11H19N5O2S/c1-15-7-11(14-8-15)19(17,18)16(6-10(12)13)9-4-2-3-5-9/h7-9H,2-6H2,1H3,(H3,12,13). The van der Waals surface area contributed by atoms with Crippen LogP contribution >= 0.6 is 0 Å². The van der Waals surface area contributed by atoms with Crippen LogP contribution in [0.5, 0.6) is 0 Å². The van der Waals surface area contributed by atoms with E-state index in [9.17, 15) is 8.42 Å². The predicted molar refractivity (Wildman–Crippen MR) is 71.3 cm³/mol. The second-order valence-electron chi connectivity index (χ2n) is 4.89. The number of amidine groups is 1. The van der Waals surface area contributed by atoms with Crippen LogP contribution in [0.4, 0.5) is 0 Å². The molecule has 1 aromatic rings. The van der Waals surface area contributed by atoms with Crippen LogP contribution in [-0.2, 0) is 17.1 Å². The number of nitrogens with one attached hydrogen (secondary N) is 1. The lowest BCUT2D eigenvalue weighted by atomic mass is 10.2. The Morgan fingerprint density at radius 1 is 1.58 bits per heavy atom. The van der Waals surface area contributed by atoms with Crippen molar-refractivity contribution in [1.82, 2.24) is 13.9 Å². The Kier molecular flexibility index (Phi) is 3.91. The molecule has 0 spiro atoms. The van der Waals surface area contributed by atoms with E-state index in [1.165, 1.54) is 16.8 Å². The molecule has 0 saturated heterocycles. The fourth-order valence-electron chi connectivity index (χ4n) is 2.41. The molecule has 0 unspecified atom stereocenters. The average Bonchev–Trinajstić information content (AvgIpc) is 2.96. The van der Waals surface area contributed by atoms with E-state index >= 15 is 0 Å². The van der Waals surface area contributed by atoms with E-state index in [2.05, 4.69) is 4.98 Å². The highest BCUT2D eigenvalue weighted by Crippen LogP contribution is 2.27. The maximum absolute atomic E-state index is 12.6. The SMILES string of the molecule is Cn1cnc(S(=O)(=O)N(CC(=N)N)C2CCCC2)c1. The molecule has 1 aromatic heterocycles. The molecular weight excluding hydrogens is 266 g/mol. The van der Waals surface area contributed by atoms with Crippen LogP contribution in [0.2, 0.25) is 0 Å². The molecule has 7 nitrogen and oxygen atoms in total. The lowest BCUT2D eigenvalue weighted by molar-refractivity contribution is 0.352. The van der Waals surface area contributed by atoms with E-state index in [0.29, 0.717) is 0 Å². The monoisotopic (exact) mass is 285 g/mol. The first-order valence-corrected chi connectivity index (χ1v) is 7.68. The van der Waals surface area contributed by atoms with Crippen LogP contribution in [-0.4, -0.2) is 40.7 Å². The number of nitrogens with zero attached hydrogens (tertiary/aromatic N) is 3. The molecule has 2 rings (SSSR count). The molecular formula is C11H19N5O2S. The minimum atomic E-state index is -3.68. The molecule has 1 aliphatic rings. The van der Waals surface area contributed by atoms with Gasteiger partial charge in [0, 0.05) is 19.3 Å².